The van der Waals surface area contributed by atoms with Crippen LogP contribution in [0.15, 0.2) is 94.5 Å². The SMILES string of the molecule is C=CCC1(Sc2nc(=O)c(OC(c3ccccc3)c3ccccc3)nn2C)S[C@H]2[C@@H](OC)C(=O)N2C(C(=O)C(C)(C)C)=C1C. The molecule has 9 nitrogen and oxygen atoms in total. The Labute approximate surface area is 265 Å². The molecule has 1 unspecified atom stereocenters. The molecule has 0 saturated carbocycles. The van der Waals surface area contributed by atoms with Crippen LogP contribution in [0.5, 0.6) is 5.88 Å². The fourth-order valence-corrected chi connectivity index (χ4v) is 8.56. The van der Waals surface area contributed by atoms with Crippen LogP contribution < -0.4 is 10.3 Å². The number of carbonyl (C=O) groups is 2. The Morgan fingerprint density at radius 2 is 1.70 bits per heavy atom. The van der Waals surface area contributed by atoms with Crippen LogP contribution in [-0.4, -0.2) is 54.0 Å². The summed E-state index contributed by atoms with van der Waals surface area (Å²) in [6.45, 7) is 11.3. The van der Waals surface area contributed by atoms with Gasteiger partial charge in [-0.1, -0.05) is 99.3 Å². The van der Waals surface area contributed by atoms with Gasteiger partial charge in [0.25, 0.3) is 5.91 Å². The molecule has 0 radical (unpaired) electrons. The molecule has 0 spiro atoms. The van der Waals surface area contributed by atoms with Crippen molar-refractivity contribution in [1.82, 2.24) is 19.7 Å². The molecule has 3 atom stereocenters. The molecular formula is C33H36N4O5S2. The summed E-state index contributed by atoms with van der Waals surface area (Å²) in [4.78, 5) is 46.3. The van der Waals surface area contributed by atoms with E-state index >= 15 is 0 Å². The van der Waals surface area contributed by atoms with Crippen LogP contribution >= 0.6 is 23.5 Å². The average Bonchev–Trinajstić information content (AvgIpc) is 3.00. The van der Waals surface area contributed by atoms with Gasteiger partial charge in [0.2, 0.25) is 0 Å². The molecule has 1 aromatic heterocycles. The number of benzene rings is 2. The Balaban J connectivity index is 1.55. The van der Waals surface area contributed by atoms with Crippen molar-refractivity contribution in [3.63, 3.8) is 0 Å². The quantitative estimate of drug-likeness (QED) is 0.211. The highest BCUT2D eigenvalue weighted by Gasteiger charge is 2.60. The number of rotatable bonds is 10. The van der Waals surface area contributed by atoms with Crippen LogP contribution in [0.25, 0.3) is 0 Å². The maximum absolute atomic E-state index is 13.8. The molecular weight excluding hydrogens is 597 g/mol. The first-order valence-electron chi connectivity index (χ1n) is 14.2. The molecule has 1 amide bonds. The summed E-state index contributed by atoms with van der Waals surface area (Å²) in [5.74, 6) is -0.516. The van der Waals surface area contributed by atoms with Crippen LogP contribution in [0, 0.1) is 5.41 Å². The van der Waals surface area contributed by atoms with Crippen LogP contribution in [0.4, 0.5) is 0 Å². The zero-order valence-electron chi connectivity index (χ0n) is 25.6. The van der Waals surface area contributed by atoms with E-state index in [1.807, 2.05) is 88.4 Å². The molecule has 44 heavy (non-hydrogen) atoms. The number of aryl methyl sites for hydroxylation is 1. The molecule has 230 valence electrons. The van der Waals surface area contributed by atoms with E-state index in [0.29, 0.717) is 22.8 Å². The molecule has 0 aliphatic carbocycles. The molecule has 3 heterocycles. The third-order valence-corrected chi connectivity index (χ3v) is 11.1. The lowest BCUT2D eigenvalue weighted by atomic mass is 9.85. The molecule has 0 bridgehead atoms. The smallest absolute Gasteiger partial charge is 0.336 e. The van der Waals surface area contributed by atoms with Crippen molar-refractivity contribution in [2.45, 2.75) is 60.9 Å². The Bertz CT molecular complexity index is 1630. The first-order chi connectivity index (χ1) is 20.9. The Morgan fingerprint density at radius 1 is 1.11 bits per heavy atom. The molecule has 2 aromatic carbocycles. The molecule has 0 N–H and O–H groups in total. The third kappa shape index (κ3) is 5.76. The summed E-state index contributed by atoms with van der Waals surface area (Å²) in [5.41, 5.74) is 1.46. The average molecular weight is 633 g/mol. The topological polar surface area (TPSA) is 104 Å². The molecule has 1 fully saturated rings. The van der Waals surface area contributed by atoms with Gasteiger partial charge in [-0.25, -0.2) is 4.68 Å². The van der Waals surface area contributed by atoms with Crippen LogP contribution in [0.2, 0.25) is 0 Å². The maximum Gasteiger partial charge on any atom is 0.336 e. The lowest BCUT2D eigenvalue weighted by Crippen LogP contribution is -2.67. The number of nitrogens with zero attached hydrogens (tertiary/aromatic N) is 4. The van der Waals surface area contributed by atoms with E-state index < -0.39 is 32.6 Å². The second-order valence-electron chi connectivity index (χ2n) is 11.7. The summed E-state index contributed by atoms with van der Waals surface area (Å²) < 4.78 is 12.5. The largest absolute Gasteiger partial charge is 0.460 e. The summed E-state index contributed by atoms with van der Waals surface area (Å²) in [7, 11) is 3.19. The van der Waals surface area contributed by atoms with Crippen molar-refractivity contribution >= 4 is 35.2 Å². The van der Waals surface area contributed by atoms with Crippen LogP contribution in [0.3, 0.4) is 0 Å². The highest BCUT2D eigenvalue weighted by Crippen LogP contribution is 2.59. The van der Waals surface area contributed by atoms with Gasteiger partial charge in [0.05, 0.1) is 9.78 Å². The fraction of sp³-hybridized carbons (Fsp3) is 0.364. The number of β-lactam (4-membered cyclic amide) rings is 1. The van der Waals surface area contributed by atoms with E-state index in [1.54, 1.807) is 18.0 Å². The van der Waals surface area contributed by atoms with Crippen LogP contribution in [-0.2, 0) is 21.4 Å². The first-order valence-corrected chi connectivity index (χ1v) is 15.9. The highest BCUT2D eigenvalue weighted by atomic mass is 32.2. The minimum absolute atomic E-state index is 0.130. The second kappa shape index (κ2) is 12.4. The van der Waals surface area contributed by atoms with Gasteiger partial charge in [0.15, 0.2) is 23.1 Å². The Hall–Kier alpha value is -3.67. The van der Waals surface area contributed by atoms with Gasteiger partial charge in [-0.15, -0.1) is 23.4 Å². The number of ketones is 1. The predicted molar refractivity (Wildman–Crippen MR) is 172 cm³/mol. The van der Waals surface area contributed by atoms with E-state index in [9.17, 15) is 14.4 Å². The summed E-state index contributed by atoms with van der Waals surface area (Å²) >= 11 is 2.81. The number of hydrogen-bond donors (Lipinski definition) is 0. The van der Waals surface area contributed by atoms with Gasteiger partial charge < -0.3 is 9.47 Å². The van der Waals surface area contributed by atoms with Gasteiger partial charge in [0.1, 0.15) is 5.37 Å². The van der Waals surface area contributed by atoms with Crippen LogP contribution in [0.1, 0.15) is 51.3 Å². The third-order valence-electron chi connectivity index (χ3n) is 7.62. The van der Waals surface area contributed by atoms with E-state index in [-0.39, 0.29) is 17.6 Å². The number of amides is 1. The fourth-order valence-electron chi connectivity index (χ4n) is 5.25. The highest BCUT2D eigenvalue weighted by molar-refractivity contribution is 8.18. The van der Waals surface area contributed by atoms with Gasteiger partial charge in [0, 0.05) is 19.6 Å². The lowest BCUT2D eigenvalue weighted by Gasteiger charge is -2.55. The number of hydrogen-bond acceptors (Lipinski definition) is 9. The van der Waals surface area contributed by atoms with E-state index in [0.717, 1.165) is 11.1 Å². The standard InChI is InChI=1S/C33H36N4O5S2/c1-8-19-33(20(2)23(26(38)32(3,4)5)37-29(40)25(41-7)30(37)43-33)44-31-34-27(39)28(35-36(31)6)42-24(21-15-11-9-12-16-21)22-17-13-10-14-18-22/h8-18,24-25,30H,1,19H2,2-7H3/t25-,30-,33?/m0/s1. The molecule has 5 rings (SSSR count). The van der Waals surface area contributed by atoms with Crippen molar-refractivity contribution in [3.8, 4) is 5.88 Å². The number of methoxy groups -OCH3 is 1. The number of carbonyl (C=O) groups excluding carboxylic acids is 2. The molecule has 1 saturated heterocycles. The monoisotopic (exact) mass is 632 g/mol. The van der Waals surface area contributed by atoms with Gasteiger partial charge in [-0.3, -0.25) is 19.3 Å². The van der Waals surface area contributed by atoms with E-state index in [1.165, 1.54) is 35.3 Å². The van der Waals surface area contributed by atoms with Crippen molar-refractivity contribution in [2.24, 2.45) is 12.5 Å². The molecule has 11 heteroatoms. The Kier molecular flexibility index (Phi) is 8.93. The normalized spacial score (nSPS) is 21.6. The van der Waals surface area contributed by atoms with E-state index in [2.05, 4.69) is 16.7 Å². The van der Waals surface area contributed by atoms with Gasteiger partial charge >= 0.3 is 11.4 Å². The minimum Gasteiger partial charge on any atom is -0.460 e. The van der Waals surface area contributed by atoms with Crippen molar-refractivity contribution in [3.05, 3.63) is 106 Å². The van der Waals surface area contributed by atoms with Crippen molar-refractivity contribution in [1.29, 1.82) is 0 Å². The number of fused-ring (bicyclic) bond motifs is 1. The summed E-state index contributed by atoms with van der Waals surface area (Å²) in [6, 6.07) is 19.2. The second-order valence-corrected chi connectivity index (χ2v) is 14.7. The zero-order chi connectivity index (χ0) is 31.8. The number of aromatic nitrogens is 3. The minimum atomic E-state index is -0.811. The number of allylic oxidation sites excluding steroid dienone is 2. The molecule has 2 aliphatic heterocycles. The maximum atomic E-state index is 13.8. The van der Waals surface area contributed by atoms with E-state index in [4.69, 9.17) is 9.47 Å². The summed E-state index contributed by atoms with van der Waals surface area (Å²) in [5, 5.41) is 4.44. The predicted octanol–water partition coefficient (Wildman–Crippen LogP) is 5.53. The molecule has 3 aromatic rings. The molecule has 2 aliphatic rings. The lowest BCUT2D eigenvalue weighted by molar-refractivity contribution is -0.160. The number of Topliss-reactive ketones (excluding diaryl/α,β-unsaturated/α-hetero) is 1. The Morgan fingerprint density at radius 3 is 2.23 bits per heavy atom. The van der Waals surface area contributed by atoms with Gasteiger partial charge in [-0.2, -0.15) is 4.98 Å². The van der Waals surface area contributed by atoms with Crippen molar-refractivity contribution in [2.75, 3.05) is 7.11 Å². The van der Waals surface area contributed by atoms with Crippen molar-refractivity contribution < 1.29 is 19.1 Å². The zero-order valence-corrected chi connectivity index (χ0v) is 27.3. The van der Waals surface area contributed by atoms with Gasteiger partial charge in [-0.05, 0) is 30.0 Å². The number of thioether (sulfide) groups is 2. The number of ether oxygens (including phenoxy) is 2. The first kappa shape index (κ1) is 31.7. The summed E-state index contributed by atoms with van der Waals surface area (Å²) in [6.07, 6.45) is 0.943.